The number of thioether (sulfide) groups is 1. The highest BCUT2D eigenvalue weighted by Gasteiger charge is 2.12. The van der Waals surface area contributed by atoms with Crippen molar-refractivity contribution in [2.45, 2.75) is 30.8 Å². The Morgan fingerprint density at radius 3 is 2.90 bits per heavy atom. The molecular weight excluding hydrogens is 288 g/mol. The Morgan fingerprint density at radius 2 is 2.29 bits per heavy atom. The van der Waals surface area contributed by atoms with Crippen LogP contribution in [0.15, 0.2) is 28.2 Å². The van der Waals surface area contributed by atoms with Crippen LogP contribution in [0.2, 0.25) is 0 Å². The van der Waals surface area contributed by atoms with Crippen LogP contribution in [0.3, 0.4) is 0 Å². The molecule has 0 fully saturated rings. The second-order valence-corrected chi connectivity index (χ2v) is 5.65. The third kappa shape index (κ3) is 3.28. The van der Waals surface area contributed by atoms with E-state index >= 15 is 0 Å². The number of nitrogens with one attached hydrogen (secondary N) is 1. The standard InChI is InChI=1S/C14H16N4O2S/c1-9(2)18-13(19)16-17-14(18)21-8-10-4-5-12(20-3)11(6-10)7-15/h4-6,9H,8H2,1-3H3,(H,16,19). The SMILES string of the molecule is COc1ccc(CSc2n[nH]c(=O)n2C(C)C)cc1C#N. The molecule has 1 aromatic heterocycles. The number of aromatic amines is 1. The molecule has 1 heterocycles. The number of aromatic nitrogens is 3. The van der Waals surface area contributed by atoms with E-state index in [1.807, 2.05) is 19.9 Å². The first-order valence-electron chi connectivity index (χ1n) is 6.43. The van der Waals surface area contributed by atoms with E-state index in [2.05, 4.69) is 16.3 Å². The number of hydrogen-bond acceptors (Lipinski definition) is 5. The van der Waals surface area contributed by atoms with Crippen molar-refractivity contribution < 1.29 is 4.74 Å². The Balaban J connectivity index is 2.18. The maximum atomic E-state index is 11.6. The lowest BCUT2D eigenvalue weighted by molar-refractivity contribution is 0.413. The molecule has 0 aliphatic heterocycles. The number of methoxy groups -OCH3 is 1. The molecule has 0 amide bonds. The number of nitrogens with zero attached hydrogens (tertiary/aromatic N) is 3. The van der Waals surface area contributed by atoms with Crippen molar-refractivity contribution in [3.05, 3.63) is 39.8 Å². The highest BCUT2D eigenvalue weighted by atomic mass is 32.2. The molecule has 1 aromatic carbocycles. The Morgan fingerprint density at radius 1 is 1.52 bits per heavy atom. The second kappa shape index (κ2) is 6.50. The molecule has 0 spiro atoms. The van der Waals surface area contributed by atoms with Gasteiger partial charge >= 0.3 is 5.69 Å². The van der Waals surface area contributed by atoms with Gasteiger partial charge in [0.2, 0.25) is 0 Å². The molecule has 0 bridgehead atoms. The third-order valence-electron chi connectivity index (χ3n) is 2.94. The van der Waals surface area contributed by atoms with Crippen molar-refractivity contribution in [3.63, 3.8) is 0 Å². The summed E-state index contributed by atoms with van der Waals surface area (Å²) in [4.78, 5) is 11.6. The smallest absolute Gasteiger partial charge is 0.344 e. The van der Waals surface area contributed by atoms with E-state index in [9.17, 15) is 4.79 Å². The highest BCUT2D eigenvalue weighted by Crippen LogP contribution is 2.25. The predicted octanol–water partition coefficient (Wildman–Crippen LogP) is 2.32. The highest BCUT2D eigenvalue weighted by molar-refractivity contribution is 7.98. The van der Waals surface area contributed by atoms with E-state index in [0.717, 1.165) is 5.56 Å². The first-order valence-corrected chi connectivity index (χ1v) is 7.42. The molecule has 0 aliphatic rings. The lowest BCUT2D eigenvalue weighted by atomic mass is 10.1. The van der Waals surface area contributed by atoms with Crippen molar-refractivity contribution >= 4 is 11.8 Å². The summed E-state index contributed by atoms with van der Waals surface area (Å²) in [6.07, 6.45) is 0. The summed E-state index contributed by atoms with van der Waals surface area (Å²) < 4.78 is 6.73. The van der Waals surface area contributed by atoms with Gasteiger partial charge in [0, 0.05) is 11.8 Å². The van der Waals surface area contributed by atoms with Gasteiger partial charge in [-0.2, -0.15) is 5.26 Å². The molecule has 0 aliphatic carbocycles. The van der Waals surface area contributed by atoms with E-state index < -0.39 is 0 Å². The number of ether oxygens (including phenoxy) is 1. The van der Waals surface area contributed by atoms with Crippen LogP contribution < -0.4 is 10.4 Å². The summed E-state index contributed by atoms with van der Waals surface area (Å²) >= 11 is 1.45. The second-order valence-electron chi connectivity index (χ2n) is 4.71. The zero-order valence-electron chi connectivity index (χ0n) is 12.1. The molecule has 0 atom stereocenters. The Kier molecular flexibility index (Phi) is 4.70. The molecule has 110 valence electrons. The molecule has 2 aromatic rings. The van der Waals surface area contributed by atoms with Gasteiger partial charge < -0.3 is 4.74 Å². The first-order chi connectivity index (χ1) is 10.1. The molecule has 21 heavy (non-hydrogen) atoms. The average Bonchev–Trinajstić information content (AvgIpc) is 2.85. The van der Waals surface area contributed by atoms with Crippen LogP contribution in [0.4, 0.5) is 0 Å². The molecule has 2 rings (SSSR count). The van der Waals surface area contributed by atoms with Crippen molar-refractivity contribution in [1.82, 2.24) is 14.8 Å². The fourth-order valence-corrected chi connectivity index (χ4v) is 2.95. The van der Waals surface area contributed by atoms with E-state index in [1.54, 1.807) is 16.7 Å². The van der Waals surface area contributed by atoms with Crippen LogP contribution in [0.5, 0.6) is 5.75 Å². The molecular formula is C14H16N4O2S. The Labute approximate surface area is 126 Å². The van der Waals surface area contributed by atoms with Gasteiger partial charge in [-0.3, -0.25) is 4.57 Å². The van der Waals surface area contributed by atoms with E-state index in [4.69, 9.17) is 10.00 Å². The Bertz CT molecular complexity index is 727. The number of H-pyrrole nitrogens is 1. The van der Waals surface area contributed by atoms with Crippen molar-refractivity contribution in [3.8, 4) is 11.8 Å². The van der Waals surface area contributed by atoms with Gasteiger partial charge in [0.25, 0.3) is 0 Å². The summed E-state index contributed by atoms with van der Waals surface area (Å²) in [5.74, 6) is 1.18. The maximum absolute atomic E-state index is 11.6. The van der Waals surface area contributed by atoms with Gasteiger partial charge in [-0.05, 0) is 31.5 Å². The van der Waals surface area contributed by atoms with E-state index in [-0.39, 0.29) is 11.7 Å². The van der Waals surface area contributed by atoms with Gasteiger partial charge in [0.05, 0.1) is 12.7 Å². The number of rotatable bonds is 5. The van der Waals surface area contributed by atoms with Crippen LogP contribution in [-0.4, -0.2) is 21.9 Å². The third-order valence-corrected chi connectivity index (χ3v) is 3.96. The van der Waals surface area contributed by atoms with Crippen LogP contribution in [0.1, 0.15) is 31.0 Å². The normalized spacial score (nSPS) is 10.6. The lowest BCUT2D eigenvalue weighted by Gasteiger charge is -2.09. The van der Waals surface area contributed by atoms with Crippen LogP contribution in [0, 0.1) is 11.3 Å². The minimum absolute atomic E-state index is 0.0456. The van der Waals surface area contributed by atoms with Gasteiger partial charge in [0.15, 0.2) is 5.16 Å². The molecule has 7 heteroatoms. The van der Waals surface area contributed by atoms with Crippen molar-refractivity contribution in [1.29, 1.82) is 5.26 Å². The minimum Gasteiger partial charge on any atom is -0.495 e. The fourth-order valence-electron chi connectivity index (χ4n) is 1.93. The number of nitriles is 1. The van der Waals surface area contributed by atoms with Crippen LogP contribution in [-0.2, 0) is 5.75 Å². The Hall–Kier alpha value is -2.20. The largest absolute Gasteiger partial charge is 0.495 e. The van der Waals surface area contributed by atoms with E-state index in [0.29, 0.717) is 22.2 Å². The monoisotopic (exact) mass is 304 g/mol. The molecule has 0 unspecified atom stereocenters. The summed E-state index contributed by atoms with van der Waals surface area (Å²) in [6.45, 7) is 3.87. The zero-order valence-corrected chi connectivity index (χ0v) is 12.9. The van der Waals surface area contributed by atoms with Crippen LogP contribution in [0.25, 0.3) is 0 Å². The summed E-state index contributed by atoms with van der Waals surface area (Å²) in [5.41, 5.74) is 1.27. The molecule has 0 radical (unpaired) electrons. The van der Waals surface area contributed by atoms with Gasteiger partial charge in [-0.1, -0.05) is 17.8 Å². The molecule has 6 nitrogen and oxygen atoms in total. The predicted molar refractivity (Wildman–Crippen MR) is 80.5 cm³/mol. The quantitative estimate of drug-likeness (QED) is 0.857. The van der Waals surface area contributed by atoms with Gasteiger partial charge in [-0.15, -0.1) is 5.10 Å². The zero-order chi connectivity index (χ0) is 15.4. The first kappa shape index (κ1) is 15.2. The fraction of sp³-hybridized carbons (Fsp3) is 0.357. The number of hydrogen-bond donors (Lipinski definition) is 1. The summed E-state index contributed by atoms with van der Waals surface area (Å²) in [5, 5.41) is 16.2. The maximum Gasteiger partial charge on any atom is 0.344 e. The van der Waals surface area contributed by atoms with Gasteiger partial charge in [-0.25, -0.2) is 9.89 Å². The van der Waals surface area contributed by atoms with Crippen LogP contribution >= 0.6 is 11.8 Å². The van der Waals surface area contributed by atoms with Crippen molar-refractivity contribution in [2.24, 2.45) is 0 Å². The number of benzene rings is 1. The lowest BCUT2D eigenvalue weighted by Crippen LogP contribution is -2.19. The topological polar surface area (TPSA) is 83.7 Å². The minimum atomic E-state index is -0.208. The average molecular weight is 304 g/mol. The summed E-state index contributed by atoms with van der Waals surface area (Å²) in [6, 6.07) is 7.61. The molecule has 0 saturated carbocycles. The molecule has 0 saturated heterocycles. The van der Waals surface area contributed by atoms with Gasteiger partial charge in [0.1, 0.15) is 11.8 Å². The van der Waals surface area contributed by atoms with E-state index in [1.165, 1.54) is 18.9 Å². The summed E-state index contributed by atoms with van der Waals surface area (Å²) in [7, 11) is 1.54. The molecule has 1 N–H and O–H groups in total. The van der Waals surface area contributed by atoms with Crippen molar-refractivity contribution in [2.75, 3.05) is 7.11 Å².